The number of sulfonamides is 1. The molecule has 1 aliphatic rings. The van der Waals surface area contributed by atoms with E-state index < -0.39 is 28.5 Å². The van der Waals surface area contributed by atoms with Crippen LogP contribution in [0.15, 0.2) is 77.7 Å². The number of nitrogens with one attached hydrogen (secondary N) is 1. The van der Waals surface area contributed by atoms with E-state index in [1.165, 1.54) is 30.2 Å². The quantitative estimate of drug-likeness (QED) is 0.299. The van der Waals surface area contributed by atoms with Crippen LogP contribution in [0.2, 0.25) is 5.02 Å². The van der Waals surface area contributed by atoms with E-state index in [4.69, 9.17) is 16.3 Å². The highest BCUT2D eigenvalue weighted by Crippen LogP contribution is 2.32. The summed E-state index contributed by atoms with van der Waals surface area (Å²) in [6.45, 7) is 3.26. The van der Waals surface area contributed by atoms with Gasteiger partial charge in [-0.25, -0.2) is 8.42 Å². The lowest BCUT2D eigenvalue weighted by atomic mass is 9.95. The monoisotopic (exact) mass is 611 g/mol. The second-order valence-electron chi connectivity index (χ2n) is 10.7. The summed E-state index contributed by atoms with van der Waals surface area (Å²) in [6, 6.07) is 19.4. The molecule has 1 fully saturated rings. The molecule has 0 saturated heterocycles. The zero-order valence-corrected chi connectivity index (χ0v) is 25.8. The van der Waals surface area contributed by atoms with E-state index in [1.807, 2.05) is 31.2 Å². The van der Waals surface area contributed by atoms with Crippen molar-refractivity contribution >= 4 is 39.1 Å². The van der Waals surface area contributed by atoms with Gasteiger partial charge in [0, 0.05) is 12.6 Å². The van der Waals surface area contributed by atoms with Gasteiger partial charge in [0.15, 0.2) is 0 Å². The van der Waals surface area contributed by atoms with Crippen LogP contribution in [-0.4, -0.2) is 50.9 Å². The lowest BCUT2D eigenvalue weighted by Crippen LogP contribution is -2.53. The Morgan fingerprint density at radius 1 is 1.00 bits per heavy atom. The number of hydrogen-bond donors (Lipinski definition) is 1. The summed E-state index contributed by atoms with van der Waals surface area (Å²) in [4.78, 5) is 29.0. The molecule has 0 aliphatic heterocycles. The molecular formula is C32H38ClN3O5S. The second-order valence-corrected chi connectivity index (χ2v) is 12.9. The number of nitrogens with zero attached hydrogens (tertiary/aromatic N) is 2. The van der Waals surface area contributed by atoms with Crippen LogP contribution in [0, 0.1) is 6.92 Å². The van der Waals surface area contributed by atoms with Crippen molar-refractivity contribution in [2.75, 3.05) is 18.0 Å². The molecule has 0 heterocycles. The van der Waals surface area contributed by atoms with Gasteiger partial charge >= 0.3 is 0 Å². The Hall–Kier alpha value is -3.56. The molecule has 2 amide bonds. The molecule has 8 nitrogen and oxygen atoms in total. The van der Waals surface area contributed by atoms with E-state index in [9.17, 15) is 18.0 Å². The van der Waals surface area contributed by atoms with Gasteiger partial charge < -0.3 is 15.0 Å². The molecule has 3 aromatic rings. The Kier molecular flexibility index (Phi) is 10.5. The molecule has 224 valence electrons. The maximum atomic E-state index is 14.1. The Labute approximate surface area is 253 Å². The molecular weight excluding hydrogens is 574 g/mol. The largest absolute Gasteiger partial charge is 0.495 e. The summed E-state index contributed by atoms with van der Waals surface area (Å²) in [5.74, 6) is -0.404. The van der Waals surface area contributed by atoms with Crippen LogP contribution < -0.4 is 14.4 Å². The van der Waals surface area contributed by atoms with Crippen LogP contribution in [0.25, 0.3) is 0 Å². The summed E-state index contributed by atoms with van der Waals surface area (Å²) in [7, 11) is -2.72. The van der Waals surface area contributed by atoms with Crippen molar-refractivity contribution in [1.82, 2.24) is 10.2 Å². The number of carbonyl (C=O) groups excluding carboxylic acids is 2. The molecule has 4 rings (SSSR count). The summed E-state index contributed by atoms with van der Waals surface area (Å²) in [5, 5.41) is 3.32. The maximum Gasteiger partial charge on any atom is 0.264 e. The molecule has 0 unspecified atom stereocenters. The topological polar surface area (TPSA) is 96.0 Å². The van der Waals surface area contributed by atoms with Gasteiger partial charge in [0.1, 0.15) is 18.3 Å². The van der Waals surface area contributed by atoms with E-state index in [1.54, 1.807) is 37.3 Å². The van der Waals surface area contributed by atoms with Gasteiger partial charge in [-0.2, -0.15) is 0 Å². The first-order valence-corrected chi connectivity index (χ1v) is 16.0. The summed E-state index contributed by atoms with van der Waals surface area (Å²) >= 11 is 6.38. The van der Waals surface area contributed by atoms with Gasteiger partial charge in [-0.3, -0.25) is 13.9 Å². The molecule has 3 aromatic carbocycles. The standard InChI is InChI=1S/C32H38ClN3O5S/c1-23-14-16-25(17-15-23)21-35(24(2)32(38)34-26-10-6-4-7-11-26)31(37)22-36(27-18-19-30(41-3)29(33)20-27)42(39,40)28-12-8-5-9-13-28/h5,8-9,12-20,24,26H,4,6-7,10-11,21-22H2,1-3H3,(H,34,38)/t24-/m1/s1. The third-order valence-electron chi connectivity index (χ3n) is 7.63. The average Bonchev–Trinajstić information content (AvgIpc) is 3.00. The molecule has 42 heavy (non-hydrogen) atoms. The molecule has 0 radical (unpaired) electrons. The van der Waals surface area contributed by atoms with Crippen LogP contribution in [0.4, 0.5) is 5.69 Å². The minimum atomic E-state index is -4.18. The van der Waals surface area contributed by atoms with Crippen molar-refractivity contribution in [2.45, 2.75) is 69.5 Å². The zero-order valence-electron chi connectivity index (χ0n) is 24.3. The van der Waals surface area contributed by atoms with E-state index in [-0.39, 0.29) is 34.1 Å². The van der Waals surface area contributed by atoms with E-state index in [2.05, 4.69) is 5.32 Å². The molecule has 0 spiro atoms. The highest BCUT2D eigenvalue weighted by molar-refractivity contribution is 7.92. The Balaban J connectivity index is 1.69. The number of aryl methyl sites for hydroxylation is 1. The number of halogens is 1. The minimum absolute atomic E-state index is 0.0258. The number of carbonyl (C=O) groups is 2. The smallest absolute Gasteiger partial charge is 0.264 e. The highest BCUT2D eigenvalue weighted by atomic mass is 35.5. The Morgan fingerprint density at radius 2 is 1.67 bits per heavy atom. The number of hydrogen-bond acceptors (Lipinski definition) is 5. The molecule has 1 aliphatic carbocycles. The van der Waals surface area contributed by atoms with Crippen molar-refractivity contribution in [3.05, 3.63) is 88.9 Å². The SMILES string of the molecule is COc1ccc(N(CC(=O)N(Cc2ccc(C)cc2)[C@H](C)C(=O)NC2CCCCC2)S(=O)(=O)c2ccccc2)cc1Cl. The van der Waals surface area contributed by atoms with Gasteiger partial charge in [0.05, 0.1) is 22.7 Å². The first-order valence-electron chi connectivity index (χ1n) is 14.2. The number of benzene rings is 3. The molecule has 1 N–H and O–H groups in total. The van der Waals surface area contributed by atoms with E-state index in [0.717, 1.165) is 47.5 Å². The fourth-order valence-electron chi connectivity index (χ4n) is 5.10. The summed E-state index contributed by atoms with van der Waals surface area (Å²) < 4.78 is 34.1. The number of rotatable bonds is 11. The zero-order chi connectivity index (χ0) is 30.3. The van der Waals surface area contributed by atoms with Crippen molar-refractivity contribution in [3.63, 3.8) is 0 Å². The second kappa shape index (κ2) is 14.1. The first kappa shape index (κ1) is 31.4. The van der Waals surface area contributed by atoms with Crippen molar-refractivity contribution in [1.29, 1.82) is 0 Å². The van der Waals surface area contributed by atoms with Crippen LogP contribution in [0.1, 0.15) is 50.2 Å². The van der Waals surface area contributed by atoms with E-state index in [0.29, 0.717) is 5.75 Å². The van der Waals surface area contributed by atoms with Gasteiger partial charge in [-0.15, -0.1) is 0 Å². The van der Waals surface area contributed by atoms with Crippen molar-refractivity contribution in [3.8, 4) is 5.75 Å². The van der Waals surface area contributed by atoms with Crippen molar-refractivity contribution < 1.29 is 22.7 Å². The van der Waals surface area contributed by atoms with Gasteiger partial charge in [0.2, 0.25) is 11.8 Å². The molecule has 1 atom stereocenters. The minimum Gasteiger partial charge on any atom is -0.495 e. The lowest BCUT2D eigenvalue weighted by molar-refractivity contribution is -0.139. The lowest BCUT2D eigenvalue weighted by Gasteiger charge is -2.33. The normalized spacial score (nSPS) is 14.6. The fraction of sp³-hybridized carbons (Fsp3) is 0.375. The van der Waals surface area contributed by atoms with Gasteiger partial charge in [-0.1, -0.05) is 78.9 Å². The number of anilines is 1. The van der Waals surface area contributed by atoms with Crippen LogP contribution in [0.5, 0.6) is 5.75 Å². The van der Waals surface area contributed by atoms with Gasteiger partial charge in [0.25, 0.3) is 10.0 Å². The molecule has 0 aromatic heterocycles. The third kappa shape index (κ3) is 7.63. The molecule has 10 heteroatoms. The average molecular weight is 612 g/mol. The summed E-state index contributed by atoms with van der Waals surface area (Å²) in [6.07, 6.45) is 5.09. The number of methoxy groups -OCH3 is 1. The Morgan fingerprint density at radius 3 is 2.29 bits per heavy atom. The van der Waals surface area contributed by atoms with Crippen molar-refractivity contribution in [2.24, 2.45) is 0 Å². The predicted octanol–water partition coefficient (Wildman–Crippen LogP) is 5.72. The van der Waals surface area contributed by atoms with Crippen LogP contribution in [0.3, 0.4) is 0 Å². The first-order chi connectivity index (χ1) is 20.1. The fourth-order valence-corrected chi connectivity index (χ4v) is 6.78. The van der Waals surface area contributed by atoms with E-state index >= 15 is 0 Å². The predicted molar refractivity (Wildman–Crippen MR) is 165 cm³/mol. The highest BCUT2D eigenvalue weighted by Gasteiger charge is 2.33. The number of amides is 2. The van der Waals surface area contributed by atoms with Gasteiger partial charge in [-0.05, 0) is 62.6 Å². The summed E-state index contributed by atoms with van der Waals surface area (Å²) in [5.41, 5.74) is 2.10. The third-order valence-corrected chi connectivity index (χ3v) is 9.71. The maximum absolute atomic E-state index is 14.1. The number of ether oxygens (including phenoxy) is 1. The van der Waals surface area contributed by atoms with Crippen LogP contribution in [-0.2, 0) is 26.2 Å². The molecule has 0 bridgehead atoms. The Bertz CT molecular complexity index is 1480. The molecule has 1 saturated carbocycles. The van der Waals surface area contributed by atoms with Crippen LogP contribution >= 0.6 is 11.6 Å².